The van der Waals surface area contributed by atoms with Crippen LogP contribution in [0.2, 0.25) is 10.0 Å². The van der Waals surface area contributed by atoms with Crippen molar-refractivity contribution in [2.75, 3.05) is 11.9 Å². The first kappa shape index (κ1) is 13.7. The number of fused-ring (bicyclic) bond motifs is 1. The molecule has 0 aliphatic heterocycles. The number of rotatable bonds is 3. The predicted molar refractivity (Wildman–Crippen MR) is 83.7 cm³/mol. The molecule has 3 rings (SSSR count). The maximum absolute atomic E-state index is 6.06. The molecule has 0 atom stereocenters. The fourth-order valence-corrected chi connectivity index (χ4v) is 3.08. The molecule has 1 N–H and O–H groups in total. The molecule has 1 aromatic carbocycles. The van der Waals surface area contributed by atoms with E-state index < -0.39 is 0 Å². The van der Waals surface area contributed by atoms with Crippen LogP contribution in [0.15, 0.2) is 18.2 Å². The zero-order chi connectivity index (χ0) is 14.1. The van der Waals surface area contributed by atoms with Crippen molar-refractivity contribution in [1.82, 2.24) is 9.97 Å². The highest BCUT2D eigenvalue weighted by molar-refractivity contribution is 6.35. The Morgan fingerprint density at radius 2 is 1.85 bits per heavy atom. The number of aryl methyl sites for hydroxylation is 1. The molecule has 1 aromatic heterocycles. The van der Waals surface area contributed by atoms with Gasteiger partial charge in [0, 0.05) is 33.4 Å². The molecule has 0 amide bonds. The predicted octanol–water partition coefficient (Wildman–Crippen LogP) is 4.37. The third-order valence-corrected chi connectivity index (χ3v) is 3.83. The van der Waals surface area contributed by atoms with E-state index in [0.29, 0.717) is 15.9 Å². The lowest BCUT2D eigenvalue weighted by Crippen LogP contribution is -2.06. The van der Waals surface area contributed by atoms with Crippen LogP contribution in [-0.2, 0) is 12.8 Å². The molecule has 0 saturated heterocycles. The van der Waals surface area contributed by atoms with Crippen molar-refractivity contribution in [3.05, 3.63) is 39.5 Å². The molecular formula is C15H15Cl2N3. The Hall–Kier alpha value is -1.32. The highest BCUT2D eigenvalue weighted by Gasteiger charge is 2.19. The Morgan fingerprint density at radius 1 is 1.10 bits per heavy atom. The van der Waals surface area contributed by atoms with Gasteiger partial charge in [-0.15, -0.1) is 0 Å². The van der Waals surface area contributed by atoms with Crippen LogP contribution in [0.5, 0.6) is 0 Å². The maximum Gasteiger partial charge on any atom is 0.161 e. The van der Waals surface area contributed by atoms with Crippen molar-refractivity contribution in [1.29, 1.82) is 0 Å². The molecule has 0 unspecified atom stereocenters. The zero-order valence-corrected chi connectivity index (χ0v) is 12.7. The Labute approximate surface area is 128 Å². The summed E-state index contributed by atoms with van der Waals surface area (Å²) in [6, 6.07) is 5.41. The van der Waals surface area contributed by atoms with E-state index in [-0.39, 0.29) is 0 Å². The monoisotopic (exact) mass is 307 g/mol. The Bertz CT molecular complexity index is 636. The summed E-state index contributed by atoms with van der Waals surface area (Å²) in [5.74, 6) is 1.63. The molecule has 1 heterocycles. The lowest BCUT2D eigenvalue weighted by molar-refractivity contribution is 0.900. The van der Waals surface area contributed by atoms with Crippen molar-refractivity contribution in [3.8, 4) is 11.4 Å². The highest BCUT2D eigenvalue weighted by atomic mass is 35.5. The molecule has 0 saturated carbocycles. The number of hydrogen-bond donors (Lipinski definition) is 1. The van der Waals surface area contributed by atoms with Gasteiger partial charge in [-0.3, -0.25) is 0 Å². The molecule has 0 spiro atoms. The number of aromatic nitrogens is 2. The van der Waals surface area contributed by atoms with Crippen LogP contribution in [0, 0.1) is 0 Å². The summed E-state index contributed by atoms with van der Waals surface area (Å²) in [6.45, 7) is 2.92. The van der Waals surface area contributed by atoms with Crippen LogP contribution >= 0.6 is 23.2 Å². The van der Waals surface area contributed by atoms with Crippen molar-refractivity contribution >= 4 is 29.0 Å². The average Bonchev–Trinajstić information content (AvgIpc) is 2.86. The van der Waals surface area contributed by atoms with Gasteiger partial charge in [0.05, 0.1) is 0 Å². The van der Waals surface area contributed by atoms with Crippen LogP contribution in [-0.4, -0.2) is 16.5 Å². The van der Waals surface area contributed by atoms with E-state index in [1.165, 1.54) is 5.56 Å². The first-order valence-electron chi connectivity index (χ1n) is 6.77. The molecule has 0 fully saturated rings. The minimum absolute atomic E-state index is 0.599. The summed E-state index contributed by atoms with van der Waals surface area (Å²) >= 11 is 12.1. The molecule has 5 heteroatoms. The van der Waals surface area contributed by atoms with E-state index in [2.05, 4.69) is 22.2 Å². The number of benzene rings is 1. The molecule has 3 nitrogen and oxygen atoms in total. The van der Waals surface area contributed by atoms with E-state index in [1.807, 2.05) is 12.1 Å². The normalized spacial score (nSPS) is 13.3. The Balaban J connectivity index is 2.12. The Morgan fingerprint density at radius 3 is 2.55 bits per heavy atom. The van der Waals surface area contributed by atoms with Crippen LogP contribution in [0.25, 0.3) is 11.4 Å². The number of nitrogens with one attached hydrogen (secondary N) is 1. The number of anilines is 1. The van der Waals surface area contributed by atoms with E-state index in [1.54, 1.807) is 6.07 Å². The maximum atomic E-state index is 6.06. The number of halogens is 2. The summed E-state index contributed by atoms with van der Waals surface area (Å²) in [5.41, 5.74) is 3.25. The largest absolute Gasteiger partial charge is 0.370 e. The molecule has 1 aliphatic carbocycles. The van der Waals surface area contributed by atoms with Crippen LogP contribution < -0.4 is 5.32 Å². The van der Waals surface area contributed by atoms with Crippen LogP contribution in [0.1, 0.15) is 24.6 Å². The van der Waals surface area contributed by atoms with Crippen LogP contribution in [0.4, 0.5) is 5.82 Å². The van der Waals surface area contributed by atoms with Gasteiger partial charge in [0.2, 0.25) is 0 Å². The first-order chi connectivity index (χ1) is 9.67. The lowest BCUT2D eigenvalue weighted by atomic mass is 10.2. The number of hydrogen-bond acceptors (Lipinski definition) is 3. The van der Waals surface area contributed by atoms with Gasteiger partial charge in [-0.1, -0.05) is 23.2 Å². The zero-order valence-electron chi connectivity index (χ0n) is 11.2. The van der Waals surface area contributed by atoms with Gasteiger partial charge in [-0.2, -0.15) is 0 Å². The smallest absolute Gasteiger partial charge is 0.161 e. The Kier molecular flexibility index (Phi) is 3.81. The second kappa shape index (κ2) is 5.58. The van der Waals surface area contributed by atoms with E-state index in [9.17, 15) is 0 Å². The van der Waals surface area contributed by atoms with Crippen molar-refractivity contribution < 1.29 is 0 Å². The van der Waals surface area contributed by atoms with E-state index in [4.69, 9.17) is 23.2 Å². The molecule has 1 aliphatic rings. The lowest BCUT2D eigenvalue weighted by Gasteiger charge is -2.11. The molecule has 0 bridgehead atoms. The van der Waals surface area contributed by atoms with Gasteiger partial charge in [0.1, 0.15) is 5.82 Å². The van der Waals surface area contributed by atoms with E-state index in [0.717, 1.165) is 42.9 Å². The first-order valence-corrected chi connectivity index (χ1v) is 7.53. The van der Waals surface area contributed by atoms with Gasteiger partial charge in [-0.25, -0.2) is 9.97 Å². The topological polar surface area (TPSA) is 37.8 Å². The van der Waals surface area contributed by atoms with Crippen molar-refractivity contribution in [3.63, 3.8) is 0 Å². The minimum atomic E-state index is 0.599. The highest BCUT2D eigenvalue weighted by Crippen LogP contribution is 2.31. The van der Waals surface area contributed by atoms with Gasteiger partial charge in [0.15, 0.2) is 5.82 Å². The van der Waals surface area contributed by atoms with Gasteiger partial charge in [0.25, 0.3) is 0 Å². The van der Waals surface area contributed by atoms with Gasteiger partial charge in [-0.05, 0) is 44.4 Å². The summed E-state index contributed by atoms with van der Waals surface area (Å²) in [7, 11) is 0. The van der Waals surface area contributed by atoms with Gasteiger partial charge < -0.3 is 5.32 Å². The summed E-state index contributed by atoms with van der Waals surface area (Å²) in [5, 5.41) is 4.53. The third kappa shape index (κ3) is 2.60. The molecule has 20 heavy (non-hydrogen) atoms. The molecule has 104 valence electrons. The number of nitrogens with zero attached hydrogens (tertiary/aromatic N) is 2. The fourth-order valence-electron chi connectivity index (χ4n) is 2.56. The summed E-state index contributed by atoms with van der Waals surface area (Å²) in [6.07, 6.45) is 3.20. The second-order valence-electron chi connectivity index (χ2n) is 4.86. The fraction of sp³-hybridized carbons (Fsp3) is 0.333. The minimum Gasteiger partial charge on any atom is -0.370 e. The average molecular weight is 308 g/mol. The van der Waals surface area contributed by atoms with Gasteiger partial charge >= 0.3 is 0 Å². The van der Waals surface area contributed by atoms with Crippen molar-refractivity contribution in [2.45, 2.75) is 26.2 Å². The summed E-state index contributed by atoms with van der Waals surface area (Å²) in [4.78, 5) is 9.33. The van der Waals surface area contributed by atoms with E-state index >= 15 is 0 Å². The molecular weight excluding hydrogens is 293 g/mol. The SMILES string of the molecule is CCNc1nc(-c2cc(Cl)cc(Cl)c2)nc2c1CCC2. The second-order valence-corrected chi connectivity index (χ2v) is 5.74. The standard InChI is InChI=1S/C15H15Cl2N3/c1-2-18-15-12-4-3-5-13(12)19-14(20-15)9-6-10(16)8-11(17)7-9/h6-8H,2-5H2,1H3,(H,18,19,20). The quantitative estimate of drug-likeness (QED) is 0.915. The molecule has 2 aromatic rings. The van der Waals surface area contributed by atoms with Crippen LogP contribution in [0.3, 0.4) is 0 Å². The molecule has 0 radical (unpaired) electrons. The summed E-state index contributed by atoms with van der Waals surface area (Å²) < 4.78 is 0. The third-order valence-electron chi connectivity index (χ3n) is 3.40. The van der Waals surface area contributed by atoms with Crippen molar-refractivity contribution in [2.24, 2.45) is 0 Å².